The van der Waals surface area contributed by atoms with Gasteiger partial charge in [0, 0.05) is 3.57 Å². The maximum absolute atomic E-state index is 12.0. The standard InChI is InChI=1S/C16H16INO3/c1-2-20-15-8-5-12(9-14(15)18)16(19)21-10-11-3-6-13(17)7-4-11/h3-9H,2,10,18H2,1H3. The van der Waals surface area contributed by atoms with Crippen LogP contribution in [0.3, 0.4) is 0 Å². The number of esters is 1. The van der Waals surface area contributed by atoms with Gasteiger partial charge in [-0.25, -0.2) is 4.79 Å². The molecule has 0 unspecified atom stereocenters. The third kappa shape index (κ3) is 4.35. The molecule has 2 aromatic carbocycles. The molecule has 0 atom stereocenters. The number of carbonyl (C=O) groups excluding carboxylic acids is 1. The van der Waals surface area contributed by atoms with E-state index in [2.05, 4.69) is 22.6 Å². The van der Waals surface area contributed by atoms with E-state index in [9.17, 15) is 4.79 Å². The van der Waals surface area contributed by atoms with Crippen molar-refractivity contribution in [1.82, 2.24) is 0 Å². The van der Waals surface area contributed by atoms with Gasteiger partial charge in [-0.2, -0.15) is 0 Å². The van der Waals surface area contributed by atoms with E-state index in [1.54, 1.807) is 18.2 Å². The minimum atomic E-state index is -0.400. The topological polar surface area (TPSA) is 61.5 Å². The van der Waals surface area contributed by atoms with Gasteiger partial charge < -0.3 is 15.2 Å². The third-order valence-corrected chi connectivity index (χ3v) is 3.55. The molecule has 2 rings (SSSR count). The fourth-order valence-electron chi connectivity index (χ4n) is 1.78. The quantitative estimate of drug-likeness (QED) is 0.476. The molecule has 0 radical (unpaired) electrons. The Kier molecular flexibility index (Phi) is 5.44. The third-order valence-electron chi connectivity index (χ3n) is 2.83. The number of anilines is 1. The van der Waals surface area contributed by atoms with Crippen LogP contribution in [0, 0.1) is 3.57 Å². The molecule has 0 heterocycles. The SMILES string of the molecule is CCOc1ccc(C(=O)OCc2ccc(I)cc2)cc1N. The Balaban J connectivity index is 2.00. The molecule has 0 aliphatic heterocycles. The molecule has 0 saturated heterocycles. The molecular weight excluding hydrogens is 381 g/mol. The van der Waals surface area contributed by atoms with Crippen molar-refractivity contribution in [3.8, 4) is 5.75 Å². The van der Waals surface area contributed by atoms with Gasteiger partial charge in [0.05, 0.1) is 17.9 Å². The van der Waals surface area contributed by atoms with E-state index >= 15 is 0 Å². The maximum Gasteiger partial charge on any atom is 0.338 e. The van der Waals surface area contributed by atoms with Crippen molar-refractivity contribution in [2.24, 2.45) is 0 Å². The van der Waals surface area contributed by atoms with Gasteiger partial charge in [0.25, 0.3) is 0 Å². The summed E-state index contributed by atoms with van der Waals surface area (Å²) in [5, 5.41) is 0. The zero-order chi connectivity index (χ0) is 15.2. The lowest BCUT2D eigenvalue weighted by Gasteiger charge is -2.09. The first-order valence-electron chi connectivity index (χ1n) is 6.54. The minimum absolute atomic E-state index is 0.239. The van der Waals surface area contributed by atoms with Crippen LogP contribution in [0.15, 0.2) is 42.5 Å². The normalized spacial score (nSPS) is 10.2. The number of rotatable bonds is 5. The van der Waals surface area contributed by atoms with Crippen molar-refractivity contribution in [2.45, 2.75) is 13.5 Å². The summed E-state index contributed by atoms with van der Waals surface area (Å²) in [6.45, 7) is 2.65. The fraction of sp³-hybridized carbons (Fsp3) is 0.188. The van der Waals surface area contributed by atoms with Gasteiger partial charge in [-0.3, -0.25) is 0 Å². The number of nitrogens with two attached hydrogens (primary N) is 1. The summed E-state index contributed by atoms with van der Waals surface area (Å²) in [5.74, 6) is 0.176. The van der Waals surface area contributed by atoms with Crippen molar-refractivity contribution in [3.63, 3.8) is 0 Å². The smallest absolute Gasteiger partial charge is 0.338 e. The van der Waals surface area contributed by atoms with Crippen molar-refractivity contribution in [1.29, 1.82) is 0 Å². The lowest BCUT2D eigenvalue weighted by Crippen LogP contribution is -2.06. The fourth-order valence-corrected chi connectivity index (χ4v) is 2.13. The van der Waals surface area contributed by atoms with Gasteiger partial charge in [-0.1, -0.05) is 12.1 Å². The summed E-state index contributed by atoms with van der Waals surface area (Å²) in [6.07, 6.45) is 0. The van der Waals surface area contributed by atoms with Crippen LogP contribution in [0.2, 0.25) is 0 Å². The summed E-state index contributed by atoms with van der Waals surface area (Å²) in [4.78, 5) is 12.0. The highest BCUT2D eigenvalue weighted by Gasteiger charge is 2.10. The van der Waals surface area contributed by atoms with E-state index in [1.165, 1.54) is 0 Å². The highest BCUT2D eigenvalue weighted by Crippen LogP contribution is 2.23. The summed E-state index contributed by atoms with van der Waals surface area (Å²) in [6, 6.07) is 12.7. The lowest BCUT2D eigenvalue weighted by atomic mass is 10.2. The minimum Gasteiger partial charge on any atom is -0.492 e. The Morgan fingerprint density at radius 1 is 1.19 bits per heavy atom. The number of hydrogen-bond acceptors (Lipinski definition) is 4. The lowest BCUT2D eigenvalue weighted by molar-refractivity contribution is 0.0472. The molecule has 0 saturated carbocycles. The van der Waals surface area contributed by atoms with Crippen LogP contribution in [0.25, 0.3) is 0 Å². The van der Waals surface area contributed by atoms with Gasteiger partial charge in [0.1, 0.15) is 12.4 Å². The second-order valence-corrected chi connectivity index (χ2v) is 5.63. The largest absolute Gasteiger partial charge is 0.492 e. The van der Waals surface area contributed by atoms with Gasteiger partial charge in [0.2, 0.25) is 0 Å². The van der Waals surface area contributed by atoms with Gasteiger partial charge in [0.15, 0.2) is 0 Å². The molecule has 0 aliphatic carbocycles. The number of ether oxygens (including phenoxy) is 2. The molecule has 0 bridgehead atoms. The van der Waals surface area contributed by atoms with Gasteiger partial charge in [-0.05, 0) is 65.4 Å². The average molecular weight is 397 g/mol. The first-order chi connectivity index (χ1) is 10.1. The zero-order valence-corrected chi connectivity index (χ0v) is 13.8. The molecule has 0 spiro atoms. The summed E-state index contributed by atoms with van der Waals surface area (Å²) in [5.41, 5.74) is 7.63. The van der Waals surface area contributed by atoms with Crippen LogP contribution >= 0.6 is 22.6 Å². The molecule has 110 valence electrons. The Morgan fingerprint density at radius 3 is 2.52 bits per heavy atom. The van der Waals surface area contributed by atoms with Crippen molar-refractivity contribution < 1.29 is 14.3 Å². The van der Waals surface area contributed by atoms with E-state index in [0.717, 1.165) is 9.13 Å². The molecule has 2 N–H and O–H groups in total. The Bertz CT molecular complexity index is 626. The summed E-state index contributed by atoms with van der Waals surface area (Å²) >= 11 is 2.23. The van der Waals surface area contributed by atoms with E-state index in [-0.39, 0.29) is 6.61 Å². The number of hydrogen-bond donors (Lipinski definition) is 1. The second-order valence-electron chi connectivity index (χ2n) is 4.39. The second kappa shape index (κ2) is 7.31. The first kappa shape index (κ1) is 15.6. The van der Waals surface area contributed by atoms with Crippen LogP contribution in [0.5, 0.6) is 5.75 Å². The summed E-state index contributed by atoms with van der Waals surface area (Å²) in [7, 11) is 0. The van der Waals surface area contributed by atoms with Crippen molar-refractivity contribution >= 4 is 34.2 Å². The number of halogens is 1. The molecule has 21 heavy (non-hydrogen) atoms. The molecule has 4 nitrogen and oxygen atoms in total. The number of benzene rings is 2. The van der Waals surface area contributed by atoms with Crippen LogP contribution in [0.1, 0.15) is 22.8 Å². The first-order valence-corrected chi connectivity index (χ1v) is 7.62. The Morgan fingerprint density at radius 2 is 1.90 bits per heavy atom. The zero-order valence-electron chi connectivity index (χ0n) is 11.6. The highest BCUT2D eigenvalue weighted by atomic mass is 127. The highest BCUT2D eigenvalue weighted by molar-refractivity contribution is 14.1. The number of carbonyl (C=O) groups is 1. The monoisotopic (exact) mass is 397 g/mol. The van der Waals surface area contributed by atoms with Crippen LogP contribution in [-0.2, 0) is 11.3 Å². The molecule has 2 aromatic rings. The van der Waals surface area contributed by atoms with Crippen LogP contribution in [0.4, 0.5) is 5.69 Å². The van der Waals surface area contributed by atoms with Crippen molar-refractivity contribution in [3.05, 3.63) is 57.2 Å². The average Bonchev–Trinajstić information content (AvgIpc) is 2.48. The van der Waals surface area contributed by atoms with E-state index in [0.29, 0.717) is 23.6 Å². The Hall–Kier alpha value is -1.76. The van der Waals surface area contributed by atoms with Gasteiger partial charge >= 0.3 is 5.97 Å². The van der Waals surface area contributed by atoms with E-state index in [1.807, 2.05) is 31.2 Å². The maximum atomic E-state index is 12.0. The molecule has 5 heteroatoms. The number of nitrogen functional groups attached to an aromatic ring is 1. The van der Waals surface area contributed by atoms with Crippen LogP contribution in [-0.4, -0.2) is 12.6 Å². The molecular formula is C16H16INO3. The predicted octanol–water partition coefficient (Wildman–Crippen LogP) is 3.63. The molecule has 0 aromatic heterocycles. The molecule has 0 amide bonds. The summed E-state index contributed by atoms with van der Waals surface area (Å²) < 4.78 is 11.7. The van der Waals surface area contributed by atoms with Gasteiger partial charge in [-0.15, -0.1) is 0 Å². The van der Waals surface area contributed by atoms with Crippen molar-refractivity contribution in [2.75, 3.05) is 12.3 Å². The Labute approximate surface area is 137 Å². The predicted molar refractivity (Wildman–Crippen MR) is 90.3 cm³/mol. The molecule has 0 aliphatic rings. The molecule has 0 fully saturated rings. The van der Waals surface area contributed by atoms with Crippen LogP contribution < -0.4 is 10.5 Å². The van der Waals surface area contributed by atoms with E-state index in [4.69, 9.17) is 15.2 Å². The van der Waals surface area contributed by atoms with E-state index < -0.39 is 5.97 Å².